The number of carboxylic acid groups (broad SMARTS) is 1. The van der Waals surface area contributed by atoms with Crippen LogP contribution < -0.4 is 0 Å². The second-order valence-electron chi connectivity index (χ2n) is 4.17. The number of aromatic carboxylic acids is 1. The third-order valence-electron chi connectivity index (χ3n) is 3.25. The van der Waals surface area contributed by atoms with Crippen LogP contribution in [-0.2, 0) is 0 Å². The van der Waals surface area contributed by atoms with Crippen LogP contribution in [0, 0.1) is 13.8 Å². The quantitative estimate of drug-likeness (QED) is 0.700. The number of fused-ring (bicyclic) bond motifs is 3. The summed E-state index contributed by atoms with van der Waals surface area (Å²) in [5, 5.41) is 21.6. The Labute approximate surface area is 102 Å². The molecule has 0 bridgehead atoms. The molecule has 0 atom stereocenters. The van der Waals surface area contributed by atoms with Crippen LogP contribution in [0.3, 0.4) is 0 Å². The zero-order valence-corrected chi connectivity index (χ0v) is 9.88. The van der Waals surface area contributed by atoms with Crippen molar-refractivity contribution in [3.05, 3.63) is 34.9 Å². The molecule has 0 fully saturated rings. The standard InChI is InChI=1S/C12H10N4O2/c1-6-7(2)11-13-14-15-16(11)10-8(6)4-3-5-9(10)12(17)18/h3-5H,1-2H3,(H,17,18). The Bertz CT molecular complexity index is 791. The first-order chi connectivity index (χ1) is 8.61. The highest BCUT2D eigenvalue weighted by atomic mass is 16.4. The van der Waals surface area contributed by atoms with E-state index in [9.17, 15) is 9.90 Å². The average molecular weight is 242 g/mol. The van der Waals surface area contributed by atoms with Crippen molar-refractivity contribution in [1.82, 2.24) is 20.0 Å². The molecule has 0 radical (unpaired) electrons. The molecule has 0 aliphatic heterocycles. The third-order valence-corrected chi connectivity index (χ3v) is 3.25. The van der Waals surface area contributed by atoms with Gasteiger partial charge in [0.2, 0.25) is 0 Å². The molecule has 0 spiro atoms. The molecule has 0 saturated heterocycles. The van der Waals surface area contributed by atoms with Crippen LogP contribution in [0.1, 0.15) is 21.5 Å². The first kappa shape index (κ1) is 10.6. The van der Waals surface area contributed by atoms with Crippen LogP contribution in [0.2, 0.25) is 0 Å². The zero-order valence-electron chi connectivity index (χ0n) is 9.88. The summed E-state index contributed by atoms with van der Waals surface area (Å²) in [6.07, 6.45) is 0. The van der Waals surface area contributed by atoms with E-state index in [1.165, 1.54) is 4.52 Å². The number of para-hydroxylation sites is 1. The van der Waals surface area contributed by atoms with E-state index in [0.29, 0.717) is 11.2 Å². The van der Waals surface area contributed by atoms with Crippen LogP contribution >= 0.6 is 0 Å². The number of tetrazole rings is 1. The van der Waals surface area contributed by atoms with Gasteiger partial charge in [0, 0.05) is 5.39 Å². The number of pyridine rings is 1. The molecule has 1 N–H and O–H groups in total. The van der Waals surface area contributed by atoms with E-state index in [2.05, 4.69) is 15.5 Å². The predicted molar refractivity (Wildman–Crippen MR) is 64.7 cm³/mol. The molecule has 1 aromatic carbocycles. The van der Waals surface area contributed by atoms with Gasteiger partial charge in [0.25, 0.3) is 0 Å². The fraction of sp³-hybridized carbons (Fsp3) is 0.167. The number of carbonyl (C=O) groups is 1. The van der Waals surface area contributed by atoms with Gasteiger partial charge in [-0.15, -0.1) is 5.10 Å². The second kappa shape index (κ2) is 3.49. The predicted octanol–water partition coefficient (Wildman–Crippen LogP) is 1.59. The highest BCUT2D eigenvalue weighted by Gasteiger charge is 2.17. The highest BCUT2D eigenvalue weighted by molar-refractivity contribution is 6.03. The van der Waals surface area contributed by atoms with E-state index in [0.717, 1.165) is 16.5 Å². The maximum absolute atomic E-state index is 11.3. The summed E-state index contributed by atoms with van der Waals surface area (Å²) in [7, 11) is 0. The number of nitrogens with zero attached hydrogens (tertiary/aromatic N) is 4. The largest absolute Gasteiger partial charge is 0.478 e. The van der Waals surface area contributed by atoms with Gasteiger partial charge in [0.15, 0.2) is 5.65 Å². The minimum atomic E-state index is -0.986. The normalized spacial score (nSPS) is 11.2. The summed E-state index contributed by atoms with van der Waals surface area (Å²) >= 11 is 0. The van der Waals surface area contributed by atoms with Gasteiger partial charge in [-0.2, -0.15) is 4.52 Å². The number of benzene rings is 1. The lowest BCUT2D eigenvalue weighted by molar-refractivity contribution is 0.0698. The molecular weight excluding hydrogens is 232 g/mol. The monoisotopic (exact) mass is 242 g/mol. The summed E-state index contributed by atoms with van der Waals surface area (Å²) in [6.45, 7) is 3.87. The number of aromatic nitrogens is 4. The Balaban J connectivity index is 2.67. The summed E-state index contributed by atoms with van der Waals surface area (Å²) in [5.41, 5.74) is 3.28. The lowest BCUT2D eigenvalue weighted by Gasteiger charge is -2.09. The van der Waals surface area contributed by atoms with Gasteiger partial charge in [0.1, 0.15) is 0 Å². The molecular formula is C12H10N4O2. The summed E-state index contributed by atoms with van der Waals surface area (Å²) in [5.74, 6) is -0.986. The van der Waals surface area contributed by atoms with E-state index in [4.69, 9.17) is 0 Å². The van der Waals surface area contributed by atoms with Gasteiger partial charge in [-0.3, -0.25) is 0 Å². The lowest BCUT2D eigenvalue weighted by Crippen LogP contribution is -2.04. The van der Waals surface area contributed by atoms with Gasteiger partial charge in [-0.05, 0) is 41.5 Å². The first-order valence-corrected chi connectivity index (χ1v) is 5.44. The van der Waals surface area contributed by atoms with Crippen LogP contribution in [0.25, 0.3) is 16.6 Å². The molecule has 2 aromatic heterocycles. The highest BCUT2D eigenvalue weighted by Crippen LogP contribution is 2.26. The third kappa shape index (κ3) is 1.22. The molecule has 90 valence electrons. The fourth-order valence-corrected chi connectivity index (χ4v) is 2.19. The van der Waals surface area contributed by atoms with E-state index in [1.54, 1.807) is 12.1 Å². The van der Waals surface area contributed by atoms with Gasteiger partial charge in [0.05, 0.1) is 11.1 Å². The van der Waals surface area contributed by atoms with Crippen LogP contribution in [-0.4, -0.2) is 31.1 Å². The lowest BCUT2D eigenvalue weighted by atomic mass is 10.0. The molecule has 0 saturated carbocycles. The van der Waals surface area contributed by atoms with E-state index in [1.807, 2.05) is 19.9 Å². The Morgan fingerprint density at radius 3 is 2.78 bits per heavy atom. The van der Waals surface area contributed by atoms with Crippen molar-refractivity contribution in [3.63, 3.8) is 0 Å². The molecule has 6 heteroatoms. The summed E-state index contributed by atoms with van der Waals surface area (Å²) in [6, 6.07) is 5.17. The number of rotatable bonds is 1. The molecule has 2 heterocycles. The summed E-state index contributed by atoms with van der Waals surface area (Å²) < 4.78 is 1.49. The first-order valence-electron chi connectivity index (χ1n) is 5.44. The smallest absolute Gasteiger partial charge is 0.337 e. The molecule has 0 amide bonds. The van der Waals surface area contributed by atoms with Crippen LogP contribution in [0.4, 0.5) is 0 Å². The Kier molecular flexibility index (Phi) is 2.07. The van der Waals surface area contributed by atoms with Gasteiger partial charge in [-0.1, -0.05) is 12.1 Å². The van der Waals surface area contributed by atoms with Crippen molar-refractivity contribution < 1.29 is 9.90 Å². The van der Waals surface area contributed by atoms with Gasteiger partial charge in [-0.25, -0.2) is 4.79 Å². The van der Waals surface area contributed by atoms with Crippen molar-refractivity contribution in [2.24, 2.45) is 0 Å². The molecule has 0 unspecified atom stereocenters. The Morgan fingerprint density at radius 1 is 1.28 bits per heavy atom. The fourth-order valence-electron chi connectivity index (χ4n) is 2.19. The van der Waals surface area contributed by atoms with Crippen LogP contribution in [0.5, 0.6) is 0 Å². The van der Waals surface area contributed by atoms with Crippen molar-refractivity contribution in [2.75, 3.05) is 0 Å². The van der Waals surface area contributed by atoms with Gasteiger partial charge >= 0.3 is 5.97 Å². The summed E-state index contributed by atoms with van der Waals surface area (Å²) in [4.78, 5) is 11.3. The minimum absolute atomic E-state index is 0.202. The molecule has 3 aromatic rings. The topological polar surface area (TPSA) is 80.4 Å². The molecule has 6 nitrogen and oxygen atoms in total. The maximum atomic E-state index is 11.3. The van der Waals surface area contributed by atoms with Crippen LogP contribution in [0.15, 0.2) is 18.2 Å². The van der Waals surface area contributed by atoms with E-state index < -0.39 is 5.97 Å². The average Bonchev–Trinajstić information content (AvgIpc) is 2.84. The SMILES string of the molecule is Cc1c(C)c2nnnn2c2c(C(=O)O)cccc12. The zero-order chi connectivity index (χ0) is 12.9. The molecule has 0 aliphatic carbocycles. The molecule has 18 heavy (non-hydrogen) atoms. The van der Waals surface area contributed by atoms with Gasteiger partial charge < -0.3 is 5.11 Å². The number of carboxylic acids is 1. The molecule has 0 aliphatic rings. The van der Waals surface area contributed by atoms with E-state index in [-0.39, 0.29) is 5.56 Å². The number of aryl methyl sites for hydroxylation is 2. The minimum Gasteiger partial charge on any atom is -0.478 e. The van der Waals surface area contributed by atoms with Crippen molar-refractivity contribution in [3.8, 4) is 0 Å². The van der Waals surface area contributed by atoms with Crippen molar-refractivity contribution in [1.29, 1.82) is 0 Å². The number of hydrogen-bond acceptors (Lipinski definition) is 4. The second-order valence-corrected chi connectivity index (χ2v) is 4.17. The Morgan fingerprint density at radius 2 is 2.06 bits per heavy atom. The number of hydrogen-bond donors (Lipinski definition) is 1. The molecule has 3 rings (SSSR count). The van der Waals surface area contributed by atoms with Crippen molar-refractivity contribution >= 4 is 22.5 Å². The maximum Gasteiger partial charge on any atom is 0.337 e. The Hall–Kier alpha value is -2.50. The van der Waals surface area contributed by atoms with E-state index >= 15 is 0 Å². The van der Waals surface area contributed by atoms with Crippen molar-refractivity contribution in [2.45, 2.75) is 13.8 Å².